The Balaban J connectivity index is 1.93. The van der Waals surface area contributed by atoms with Crippen LogP contribution in [0.25, 0.3) is 0 Å². The standard InChI is InChI=1S/C16H23NO/c1-11-5-6-15-13(8-11)14(17)10-16(18-15)7-3-4-12(2)9-16/h5-6,8,12,14H,3-4,7,9-10,17H2,1-2H3/t12?,14-,16?/m1/s1. The number of nitrogens with two attached hydrogens (primary N) is 1. The van der Waals surface area contributed by atoms with E-state index in [1.54, 1.807) is 0 Å². The summed E-state index contributed by atoms with van der Waals surface area (Å²) < 4.78 is 6.38. The molecule has 3 atom stereocenters. The van der Waals surface area contributed by atoms with E-state index in [4.69, 9.17) is 10.5 Å². The molecule has 18 heavy (non-hydrogen) atoms. The molecule has 1 heterocycles. The summed E-state index contributed by atoms with van der Waals surface area (Å²) in [7, 11) is 0. The molecule has 2 heteroatoms. The third-order valence-electron chi connectivity index (χ3n) is 4.53. The van der Waals surface area contributed by atoms with Crippen LogP contribution in [0.4, 0.5) is 0 Å². The molecular weight excluding hydrogens is 222 g/mol. The second kappa shape index (κ2) is 4.27. The van der Waals surface area contributed by atoms with E-state index >= 15 is 0 Å². The molecule has 2 unspecified atom stereocenters. The lowest BCUT2D eigenvalue weighted by Gasteiger charge is -2.45. The van der Waals surface area contributed by atoms with Crippen molar-refractivity contribution >= 4 is 0 Å². The summed E-state index contributed by atoms with van der Waals surface area (Å²) in [6.45, 7) is 4.44. The summed E-state index contributed by atoms with van der Waals surface area (Å²) in [5.74, 6) is 1.78. The molecule has 1 aromatic carbocycles. The fourth-order valence-electron chi connectivity index (χ4n) is 3.73. The molecule has 2 nitrogen and oxygen atoms in total. The molecule has 0 saturated heterocycles. The van der Waals surface area contributed by atoms with Crippen molar-refractivity contribution in [1.82, 2.24) is 0 Å². The van der Waals surface area contributed by atoms with Crippen LogP contribution < -0.4 is 10.5 Å². The first-order valence-corrected chi connectivity index (χ1v) is 7.13. The molecule has 1 spiro atoms. The first-order valence-electron chi connectivity index (χ1n) is 7.13. The van der Waals surface area contributed by atoms with Crippen molar-refractivity contribution in [2.45, 2.75) is 57.6 Å². The van der Waals surface area contributed by atoms with Gasteiger partial charge in [-0.15, -0.1) is 0 Å². The van der Waals surface area contributed by atoms with Crippen LogP contribution >= 0.6 is 0 Å². The SMILES string of the molecule is Cc1ccc2c(c1)[C@H](N)CC1(CCCC(C)C1)O2. The van der Waals surface area contributed by atoms with Gasteiger partial charge >= 0.3 is 0 Å². The van der Waals surface area contributed by atoms with Crippen molar-refractivity contribution in [2.75, 3.05) is 0 Å². The quantitative estimate of drug-likeness (QED) is 0.756. The highest BCUT2D eigenvalue weighted by Gasteiger charge is 2.42. The second-order valence-corrected chi connectivity index (χ2v) is 6.34. The minimum atomic E-state index is 0.0132. The maximum absolute atomic E-state index is 6.39. The molecule has 1 saturated carbocycles. The minimum Gasteiger partial charge on any atom is -0.487 e. The lowest BCUT2D eigenvalue weighted by molar-refractivity contribution is -0.0139. The van der Waals surface area contributed by atoms with Gasteiger partial charge in [0, 0.05) is 18.0 Å². The summed E-state index contributed by atoms with van der Waals surface area (Å²) in [5, 5.41) is 0. The third-order valence-corrected chi connectivity index (χ3v) is 4.53. The highest BCUT2D eigenvalue weighted by molar-refractivity contribution is 5.41. The van der Waals surface area contributed by atoms with E-state index in [1.165, 1.54) is 30.4 Å². The molecule has 2 N–H and O–H groups in total. The molecule has 1 fully saturated rings. The first-order chi connectivity index (χ1) is 8.58. The van der Waals surface area contributed by atoms with Gasteiger partial charge in [0.05, 0.1) is 0 Å². The molecule has 3 rings (SSSR count). The van der Waals surface area contributed by atoms with Gasteiger partial charge in [-0.25, -0.2) is 0 Å². The summed E-state index contributed by atoms with van der Waals surface area (Å²) in [6, 6.07) is 6.54. The monoisotopic (exact) mass is 245 g/mol. The van der Waals surface area contributed by atoms with E-state index < -0.39 is 0 Å². The number of benzene rings is 1. The lowest BCUT2D eigenvalue weighted by atomic mass is 9.73. The Morgan fingerprint density at radius 1 is 1.33 bits per heavy atom. The van der Waals surface area contributed by atoms with Gasteiger partial charge in [0.25, 0.3) is 0 Å². The molecule has 0 radical (unpaired) electrons. The van der Waals surface area contributed by atoms with Gasteiger partial charge < -0.3 is 10.5 Å². The smallest absolute Gasteiger partial charge is 0.124 e. The maximum Gasteiger partial charge on any atom is 0.124 e. The zero-order chi connectivity index (χ0) is 12.8. The molecule has 1 aliphatic heterocycles. The van der Waals surface area contributed by atoms with Crippen molar-refractivity contribution in [3.63, 3.8) is 0 Å². The Kier molecular flexibility index (Phi) is 2.86. The van der Waals surface area contributed by atoms with Crippen LogP contribution in [0, 0.1) is 12.8 Å². The number of ether oxygens (including phenoxy) is 1. The number of hydrogen-bond acceptors (Lipinski definition) is 2. The van der Waals surface area contributed by atoms with Gasteiger partial charge in [0.15, 0.2) is 0 Å². The van der Waals surface area contributed by atoms with E-state index in [2.05, 4.69) is 32.0 Å². The Hall–Kier alpha value is -1.02. The summed E-state index contributed by atoms with van der Waals surface area (Å²) >= 11 is 0. The average molecular weight is 245 g/mol. The molecular formula is C16H23NO. The maximum atomic E-state index is 6.39. The summed E-state index contributed by atoms with van der Waals surface area (Å²) in [4.78, 5) is 0. The van der Waals surface area contributed by atoms with Crippen molar-refractivity contribution < 1.29 is 4.74 Å². The van der Waals surface area contributed by atoms with Gasteiger partial charge in [0.1, 0.15) is 11.4 Å². The highest BCUT2D eigenvalue weighted by Crippen LogP contribution is 2.46. The molecule has 0 amide bonds. The molecule has 2 aliphatic rings. The largest absolute Gasteiger partial charge is 0.487 e. The van der Waals surface area contributed by atoms with Crippen LogP contribution in [-0.4, -0.2) is 5.60 Å². The number of rotatable bonds is 0. The van der Waals surface area contributed by atoms with E-state index in [0.29, 0.717) is 0 Å². The Morgan fingerprint density at radius 2 is 2.17 bits per heavy atom. The Bertz CT molecular complexity index is 456. The normalized spacial score (nSPS) is 35.1. The number of fused-ring (bicyclic) bond motifs is 1. The van der Waals surface area contributed by atoms with Gasteiger partial charge in [-0.1, -0.05) is 31.0 Å². The van der Waals surface area contributed by atoms with Crippen molar-refractivity contribution in [3.05, 3.63) is 29.3 Å². The van der Waals surface area contributed by atoms with Crippen LogP contribution in [0.3, 0.4) is 0 Å². The molecule has 0 bridgehead atoms. The van der Waals surface area contributed by atoms with Crippen LogP contribution in [0.2, 0.25) is 0 Å². The van der Waals surface area contributed by atoms with Crippen LogP contribution in [0.5, 0.6) is 5.75 Å². The van der Waals surface area contributed by atoms with Gasteiger partial charge in [-0.2, -0.15) is 0 Å². The van der Waals surface area contributed by atoms with Crippen molar-refractivity contribution in [1.29, 1.82) is 0 Å². The molecule has 1 aliphatic carbocycles. The van der Waals surface area contributed by atoms with Gasteiger partial charge in [-0.3, -0.25) is 0 Å². The van der Waals surface area contributed by atoms with Crippen LogP contribution in [-0.2, 0) is 0 Å². The highest BCUT2D eigenvalue weighted by atomic mass is 16.5. The zero-order valence-corrected chi connectivity index (χ0v) is 11.4. The van der Waals surface area contributed by atoms with Gasteiger partial charge in [-0.05, 0) is 38.2 Å². The lowest BCUT2D eigenvalue weighted by Crippen LogP contribution is -2.46. The van der Waals surface area contributed by atoms with E-state index in [1.807, 2.05) is 0 Å². The third kappa shape index (κ3) is 2.03. The number of aryl methyl sites for hydroxylation is 1. The first kappa shape index (κ1) is 12.0. The second-order valence-electron chi connectivity index (χ2n) is 6.34. The fourth-order valence-corrected chi connectivity index (χ4v) is 3.73. The van der Waals surface area contributed by atoms with Crippen LogP contribution in [0.1, 0.15) is 56.2 Å². The van der Waals surface area contributed by atoms with E-state index in [-0.39, 0.29) is 11.6 Å². The van der Waals surface area contributed by atoms with Crippen molar-refractivity contribution in [3.8, 4) is 5.75 Å². The predicted octanol–water partition coefficient (Wildman–Crippen LogP) is 3.73. The van der Waals surface area contributed by atoms with Crippen LogP contribution in [0.15, 0.2) is 18.2 Å². The molecule has 98 valence electrons. The Morgan fingerprint density at radius 3 is 2.94 bits per heavy atom. The fraction of sp³-hybridized carbons (Fsp3) is 0.625. The molecule has 1 aromatic rings. The summed E-state index contributed by atoms with van der Waals surface area (Å²) in [5.41, 5.74) is 8.86. The van der Waals surface area contributed by atoms with E-state index in [9.17, 15) is 0 Å². The van der Waals surface area contributed by atoms with Crippen molar-refractivity contribution in [2.24, 2.45) is 11.7 Å². The Labute approximate surface area is 110 Å². The number of hydrogen-bond donors (Lipinski definition) is 1. The summed E-state index contributed by atoms with van der Waals surface area (Å²) in [6.07, 6.45) is 5.91. The predicted molar refractivity (Wildman–Crippen MR) is 73.7 cm³/mol. The van der Waals surface area contributed by atoms with Gasteiger partial charge in [0.2, 0.25) is 0 Å². The zero-order valence-electron chi connectivity index (χ0n) is 11.4. The van der Waals surface area contributed by atoms with E-state index in [0.717, 1.165) is 24.5 Å². The molecule has 0 aromatic heterocycles. The topological polar surface area (TPSA) is 35.2 Å². The average Bonchev–Trinajstić information content (AvgIpc) is 2.30. The minimum absolute atomic E-state index is 0.0132.